The molecule has 0 aliphatic heterocycles. The number of aromatic nitrogens is 2. The van der Waals surface area contributed by atoms with E-state index in [0.29, 0.717) is 11.6 Å². The number of pyridine rings is 1. The SMILES string of the molecule is CC(C)(C(=O)Nc1nc(Cc2ccc(-c3ccncc3)cc2)cs1)C(c1ccccc1)c1ccc(CO)cc1. The Morgan fingerprint density at radius 2 is 1.46 bits per heavy atom. The highest BCUT2D eigenvalue weighted by Gasteiger charge is 2.39. The van der Waals surface area contributed by atoms with Crippen LogP contribution in [0.4, 0.5) is 5.13 Å². The number of amides is 1. The molecule has 0 saturated carbocycles. The van der Waals surface area contributed by atoms with Crippen molar-refractivity contribution in [1.29, 1.82) is 0 Å². The first-order chi connectivity index (χ1) is 18.9. The Labute approximate surface area is 233 Å². The van der Waals surface area contributed by atoms with Gasteiger partial charge in [-0.1, -0.05) is 92.7 Å². The van der Waals surface area contributed by atoms with Crippen LogP contribution < -0.4 is 5.32 Å². The molecule has 0 aliphatic rings. The molecule has 2 heterocycles. The zero-order valence-electron chi connectivity index (χ0n) is 22.0. The first kappa shape index (κ1) is 26.5. The first-order valence-electron chi connectivity index (χ1n) is 12.9. The number of aliphatic hydroxyl groups excluding tert-OH is 1. The first-order valence-corrected chi connectivity index (χ1v) is 13.8. The molecule has 39 heavy (non-hydrogen) atoms. The van der Waals surface area contributed by atoms with Gasteiger partial charge in [0.25, 0.3) is 0 Å². The summed E-state index contributed by atoms with van der Waals surface area (Å²) in [7, 11) is 0. The zero-order valence-corrected chi connectivity index (χ0v) is 22.9. The van der Waals surface area contributed by atoms with E-state index in [-0.39, 0.29) is 18.4 Å². The number of rotatable bonds is 9. The molecule has 0 aliphatic carbocycles. The lowest BCUT2D eigenvalue weighted by Crippen LogP contribution is -2.37. The second kappa shape index (κ2) is 11.7. The second-order valence-electron chi connectivity index (χ2n) is 10.2. The van der Waals surface area contributed by atoms with Gasteiger partial charge in [0.15, 0.2) is 5.13 Å². The van der Waals surface area contributed by atoms with E-state index in [0.717, 1.165) is 39.1 Å². The summed E-state index contributed by atoms with van der Waals surface area (Å²) < 4.78 is 0. The highest BCUT2D eigenvalue weighted by atomic mass is 32.1. The lowest BCUT2D eigenvalue weighted by Gasteiger charge is -2.34. The van der Waals surface area contributed by atoms with Gasteiger partial charge in [0.2, 0.25) is 5.91 Å². The molecule has 3 aromatic carbocycles. The van der Waals surface area contributed by atoms with Gasteiger partial charge in [0, 0.05) is 30.1 Å². The number of anilines is 1. The number of carbonyl (C=O) groups is 1. The number of hydrogen-bond donors (Lipinski definition) is 2. The third-order valence-electron chi connectivity index (χ3n) is 7.06. The van der Waals surface area contributed by atoms with Crippen LogP contribution in [0.2, 0.25) is 0 Å². The van der Waals surface area contributed by atoms with Crippen LogP contribution in [-0.4, -0.2) is 21.0 Å². The van der Waals surface area contributed by atoms with Gasteiger partial charge in [-0.15, -0.1) is 11.3 Å². The molecule has 196 valence electrons. The molecule has 1 amide bonds. The molecule has 5 rings (SSSR count). The Bertz CT molecular complexity index is 1510. The molecule has 0 fully saturated rings. The van der Waals surface area contributed by atoms with Crippen molar-refractivity contribution in [1.82, 2.24) is 9.97 Å². The summed E-state index contributed by atoms with van der Waals surface area (Å²) in [5, 5.41) is 15.2. The number of nitrogens with one attached hydrogen (secondary N) is 1. The molecule has 0 saturated heterocycles. The van der Waals surface area contributed by atoms with E-state index in [1.165, 1.54) is 11.3 Å². The van der Waals surface area contributed by atoms with Crippen molar-refractivity contribution >= 4 is 22.4 Å². The molecule has 0 radical (unpaired) electrons. The van der Waals surface area contributed by atoms with E-state index in [9.17, 15) is 9.90 Å². The monoisotopic (exact) mass is 533 g/mol. The summed E-state index contributed by atoms with van der Waals surface area (Å²) in [5.74, 6) is -0.269. The average molecular weight is 534 g/mol. The molecule has 0 spiro atoms. The van der Waals surface area contributed by atoms with Gasteiger partial charge in [-0.2, -0.15) is 0 Å². The van der Waals surface area contributed by atoms with E-state index in [2.05, 4.69) is 46.7 Å². The van der Waals surface area contributed by atoms with Crippen molar-refractivity contribution in [2.45, 2.75) is 32.8 Å². The van der Waals surface area contributed by atoms with E-state index in [4.69, 9.17) is 4.98 Å². The minimum atomic E-state index is -0.767. The number of thiazole rings is 1. The molecule has 1 atom stereocenters. The Hall–Kier alpha value is -4.13. The Morgan fingerprint density at radius 3 is 2.13 bits per heavy atom. The Balaban J connectivity index is 1.31. The van der Waals surface area contributed by atoms with E-state index in [1.807, 2.05) is 73.8 Å². The van der Waals surface area contributed by atoms with E-state index >= 15 is 0 Å². The van der Waals surface area contributed by atoms with Crippen molar-refractivity contribution in [2.75, 3.05) is 5.32 Å². The van der Waals surface area contributed by atoms with Crippen molar-refractivity contribution in [3.63, 3.8) is 0 Å². The number of hydrogen-bond acceptors (Lipinski definition) is 5. The highest BCUT2D eigenvalue weighted by Crippen LogP contribution is 2.42. The Morgan fingerprint density at radius 1 is 0.846 bits per heavy atom. The third-order valence-corrected chi connectivity index (χ3v) is 7.87. The average Bonchev–Trinajstić information content (AvgIpc) is 3.41. The predicted octanol–water partition coefficient (Wildman–Crippen LogP) is 7.09. The normalized spacial score (nSPS) is 12.2. The van der Waals surface area contributed by atoms with Crippen LogP contribution in [0.3, 0.4) is 0 Å². The fraction of sp³-hybridized carbons (Fsp3) is 0.182. The fourth-order valence-corrected chi connectivity index (χ4v) is 5.60. The van der Waals surface area contributed by atoms with Gasteiger partial charge in [0.1, 0.15) is 0 Å². The van der Waals surface area contributed by atoms with Crippen LogP contribution in [0.25, 0.3) is 11.1 Å². The van der Waals surface area contributed by atoms with Gasteiger partial charge in [-0.05, 0) is 45.5 Å². The fourth-order valence-electron chi connectivity index (χ4n) is 4.89. The van der Waals surface area contributed by atoms with Crippen molar-refractivity contribution in [3.8, 4) is 11.1 Å². The topological polar surface area (TPSA) is 75.1 Å². The number of aliphatic hydroxyl groups is 1. The lowest BCUT2D eigenvalue weighted by atomic mass is 9.70. The van der Waals surface area contributed by atoms with Crippen LogP contribution >= 0.6 is 11.3 Å². The maximum Gasteiger partial charge on any atom is 0.232 e. The quantitative estimate of drug-likeness (QED) is 0.212. The highest BCUT2D eigenvalue weighted by molar-refractivity contribution is 7.13. The van der Waals surface area contributed by atoms with Gasteiger partial charge >= 0.3 is 0 Å². The summed E-state index contributed by atoms with van der Waals surface area (Å²) >= 11 is 1.44. The van der Waals surface area contributed by atoms with E-state index < -0.39 is 5.41 Å². The van der Waals surface area contributed by atoms with Crippen molar-refractivity contribution in [3.05, 3.63) is 137 Å². The third kappa shape index (κ3) is 6.14. The van der Waals surface area contributed by atoms with Crippen LogP contribution in [0.5, 0.6) is 0 Å². The summed E-state index contributed by atoms with van der Waals surface area (Å²) in [4.78, 5) is 22.5. The van der Waals surface area contributed by atoms with Gasteiger partial charge < -0.3 is 10.4 Å². The summed E-state index contributed by atoms with van der Waals surface area (Å²) in [5.41, 5.74) is 6.52. The molecular weight excluding hydrogens is 502 g/mol. The van der Waals surface area contributed by atoms with Gasteiger partial charge in [-0.25, -0.2) is 4.98 Å². The molecule has 2 aromatic heterocycles. The van der Waals surface area contributed by atoms with Crippen LogP contribution in [-0.2, 0) is 17.8 Å². The zero-order chi connectivity index (χ0) is 27.2. The van der Waals surface area contributed by atoms with Gasteiger partial charge in [0.05, 0.1) is 17.7 Å². The summed E-state index contributed by atoms with van der Waals surface area (Å²) in [6.45, 7) is 3.93. The molecule has 0 bridgehead atoms. The largest absolute Gasteiger partial charge is 0.392 e. The van der Waals surface area contributed by atoms with Crippen LogP contribution in [0, 0.1) is 5.41 Å². The molecule has 6 heteroatoms. The second-order valence-corrected chi connectivity index (χ2v) is 11.0. The predicted molar refractivity (Wildman–Crippen MR) is 158 cm³/mol. The summed E-state index contributed by atoms with van der Waals surface area (Å²) in [6, 6.07) is 30.4. The molecule has 2 N–H and O–H groups in total. The van der Waals surface area contributed by atoms with E-state index in [1.54, 1.807) is 12.4 Å². The lowest BCUT2D eigenvalue weighted by molar-refractivity contribution is -0.124. The van der Waals surface area contributed by atoms with Crippen LogP contribution in [0.1, 0.15) is 47.7 Å². The Kier molecular flexibility index (Phi) is 7.96. The van der Waals surface area contributed by atoms with Crippen molar-refractivity contribution < 1.29 is 9.90 Å². The minimum Gasteiger partial charge on any atom is -0.392 e. The van der Waals surface area contributed by atoms with Crippen LogP contribution in [0.15, 0.2) is 109 Å². The number of carbonyl (C=O) groups excluding carboxylic acids is 1. The maximum atomic E-state index is 13.7. The standard InChI is InChI=1S/C33H31N3O2S/c1-33(2,30(27-6-4-3-5-7-27)28-14-10-24(21-37)11-15-28)31(38)36-32-35-29(22-39-32)20-23-8-12-25(13-9-23)26-16-18-34-19-17-26/h3-19,22,30,37H,20-21H2,1-2H3,(H,35,36,38). The maximum absolute atomic E-state index is 13.7. The van der Waals surface area contributed by atoms with Gasteiger partial charge in [-0.3, -0.25) is 9.78 Å². The molecule has 1 unspecified atom stereocenters. The summed E-state index contributed by atoms with van der Waals surface area (Å²) in [6.07, 6.45) is 4.28. The molecule has 5 nitrogen and oxygen atoms in total. The number of nitrogens with zero attached hydrogens (tertiary/aromatic N) is 2. The molecule has 5 aromatic rings. The van der Waals surface area contributed by atoms with Crippen molar-refractivity contribution in [2.24, 2.45) is 5.41 Å². The minimum absolute atomic E-state index is 0.0125. The molecular formula is C33H31N3O2S. The smallest absolute Gasteiger partial charge is 0.232 e. The number of benzene rings is 3.